The lowest BCUT2D eigenvalue weighted by Crippen LogP contribution is -2.24. The lowest BCUT2D eigenvalue weighted by molar-refractivity contribution is -0.117. The first-order valence-electron chi connectivity index (χ1n) is 8.67. The lowest BCUT2D eigenvalue weighted by Gasteiger charge is -2.19. The third-order valence-electron chi connectivity index (χ3n) is 4.55. The predicted molar refractivity (Wildman–Crippen MR) is 100 cm³/mol. The Balaban J connectivity index is 1.61. The fraction of sp³-hybridized carbons (Fsp3) is 0.263. The number of hydrogen-bond donors (Lipinski definition) is 1. The summed E-state index contributed by atoms with van der Waals surface area (Å²) in [4.78, 5) is 30.8. The van der Waals surface area contributed by atoms with Crippen LogP contribution in [0.15, 0.2) is 36.7 Å². The van der Waals surface area contributed by atoms with E-state index >= 15 is 0 Å². The van der Waals surface area contributed by atoms with E-state index in [9.17, 15) is 9.59 Å². The number of aryl methyl sites for hydroxylation is 1. The van der Waals surface area contributed by atoms with Crippen molar-refractivity contribution in [3.8, 4) is 5.75 Å². The first-order chi connectivity index (χ1) is 13.1. The van der Waals surface area contributed by atoms with E-state index in [1.807, 2.05) is 13.0 Å². The number of rotatable bonds is 4. The molecule has 1 aliphatic rings. The summed E-state index contributed by atoms with van der Waals surface area (Å²) >= 11 is 0. The zero-order valence-electron chi connectivity index (χ0n) is 15.1. The number of aromatic nitrogens is 3. The Labute approximate surface area is 155 Å². The average Bonchev–Trinajstić information content (AvgIpc) is 3.27. The first-order valence-corrected chi connectivity index (χ1v) is 8.67. The topological polar surface area (TPSA) is 88.8 Å². The fourth-order valence-corrected chi connectivity index (χ4v) is 3.20. The minimum atomic E-state index is -0.310. The summed E-state index contributed by atoms with van der Waals surface area (Å²) < 4.78 is 6.99. The van der Waals surface area contributed by atoms with Crippen molar-refractivity contribution in [1.82, 2.24) is 14.6 Å². The molecule has 1 fully saturated rings. The van der Waals surface area contributed by atoms with Crippen LogP contribution in [0, 0.1) is 6.92 Å². The van der Waals surface area contributed by atoms with Crippen molar-refractivity contribution in [2.75, 3.05) is 23.9 Å². The third-order valence-corrected chi connectivity index (χ3v) is 4.55. The second-order valence-electron chi connectivity index (χ2n) is 6.39. The number of benzene rings is 1. The highest BCUT2D eigenvalue weighted by Gasteiger charge is 2.25. The van der Waals surface area contributed by atoms with Crippen molar-refractivity contribution in [1.29, 1.82) is 0 Å². The maximum absolute atomic E-state index is 12.7. The molecule has 0 radical (unpaired) electrons. The molecule has 4 rings (SSSR count). The Morgan fingerprint density at radius 3 is 2.89 bits per heavy atom. The van der Waals surface area contributed by atoms with Crippen LogP contribution in [0.25, 0.3) is 5.65 Å². The number of hydrogen-bond acceptors (Lipinski definition) is 5. The summed E-state index contributed by atoms with van der Waals surface area (Å²) in [7, 11) is 1.54. The van der Waals surface area contributed by atoms with Crippen molar-refractivity contribution in [3.05, 3.63) is 47.9 Å². The van der Waals surface area contributed by atoms with Gasteiger partial charge in [-0.15, -0.1) is 0 Å². The van der Waals surface area contributed by atoms with Gasteiger partial charge in [-0.2, -0.15) is 5.10 Å². The number of fused-ring (bicyclic) bond motifs is 1. The molecule has 1 aliphatic heterocycles. The van der Waals surface area contributed by atoms with Crippen LogP contribution in [0.3, 0.4) is 0 Å². The zero-order chi connectivity index (χ0) is 19.0. The monoisotopic (exact) mass is 365 g/mol. The highest BCUT2D eigenvalue weighted by Crippen LogP contribution is 2.34. The third kappa shape index (κ3) is 3.10. The molecule has 0 atom stereocenters. The van der Waals surface area contributed by atoms with Gasteiger partial charge in [0, 0.05) is 36.6 Å². The summed E-state index contributed by atoms with van der Waals surface area (Å²) in [5.41, 5.74) is 2.97. The van der Waals surface area contributed by atoms with Crippen LogP contribution in [0.2, 0.25) is 0 Å². The minimum absolute atomic E-state index is 0.0814. The molecular formula is C19H19N5O3. The van der Waals surface area contributed by atoms with E-state index in [0.29, 0.717) is 41.3 Å². The standard InChI is InChI=1S/C19H19N5O3/c1-12-7-9-24-18(21-12)14(11-20-24)19(26)22-13-5-6-15(16(10-13)27-2)23-8-3-4-17(23)25/h5-7,9-11H,3-4,8H2,1-2H3,(H,22,26). The number of ether oxygens (including phenoxy) is 1. The molecule has 2 amide bonds. The number of carbonyl (C=O) groups is 2. The number of nitrogens with zero attached hydrogens (tertiary/aromatic N) is 4. The van der Waals surface area contributed by atoms with Gasteiger partial charge in [-0.3, -0.25) is 9.59 Å². The number of nitrogens with one attached hydrogen (secondary N) is 1. The van der Waals surface area contributed by atoms with Crippen LogP contribution in [-0.2, 0) is 4.79 Å². The van der Waals surface area contributed by atoms with Gasteiger partial charge in [-0.25, -0.2) is 9.50 Å². The van der Waals surface area contributed by atoms with Crippen LogP contribution in [0.4, 0.5) is 11.4 Å². The van der Waals surface area contributed by atoms with E-state index in [1.165, 1.54) is 6.20 Å². The van der Waals surface area contributed by atoms with E-state index < -0.39 is 0 Å². The summed E-state index contributed by atoms with van der Waals surface area (Å²) in [5.74, 6) is 0.310. The maximum atomic E-state index is 12.7. The predicted octanol–water partition coefficient (Wildman–Crippen LogP) is 2.43. The van der Waals surface area contributed by atoms with Crippen LogP contribution in [0.1, 0.15) is 28.9 Å². The van der Waals surface area contributed by atoms with Crippen molar-refractivity contribution >= 4 is 28.8 Å². The summed E-state index contributed by atoms with van der Waals surface area (Å²) in [5, 5.41) is 7.00. The van der Waals surface area contributed by atoms with Gasteiger partial charge in [0.25, 0.3) is 5.91 Å². The van der Waals surface area contributed by atoms with Crippen LogP contribution in [-0.4, -0.2) is 40.1 Å². The second-order valence-corrected chi connectivity index (χ2v) is 6.39. The molecule has 3 aromatic rings. The Morgan fingerprint density at radius 2 is 2.15 bits per heavy atom. The highest BCUT2D eigenvalue weighted by molar-refractivity contribution is 6.08. The summed E-state index contributed by atoms with van der Waals surface area (Å²) in [6.07, 6.45) is 4.63. The molecule has 0 saturated carbocycles. The molecule has 0 spiro atoms. The van der Waals surface area contributed by atoms with Crippen LogP contribution < -0.4 is 15.0 Å². The van der Waals surface area contributed by atoms with Gasteiger partial charge in [0.1, 0.15) is 11.3 Å². The minimum Gasteiger partial charge on any atom is -0.494 e. The van der Waals surface area contributed by atoms with Crippen molar-refractivity contribution in [3.63, 3.8) is 0 Å². The Hall–Kier alpha value is -3.42. The van der Waals surface area contributed by atoms with Crippen LogP contribution >= 0.6 is 0 Å². The Kier molecular flexibility index (Phi) is 4.23. The molecule has 1 N–H and O–H groups in total. The van der Waals surface area contributed by atoms with Gasteiger partial charge in [-0.1, -0.05) is 0 Å². The number of methoxy groups -OCH3 is 1. The van der Waals surface area contributed by atoms with Gasteiger partial charge in [0.05, 0.1) is 19.0 Å². The number of anilines is 2. The average molecular weight is 365 g/mol. The normalized spacial score (nSPS) is 14.0. The zero-order valence-corrected chi connectivity index (χ0v) is 15.1. The van der Waals surface area contributed by atoms with Crippen molar-refractivity contribution in [2.45, 2.75) is 19.8 Å². The highest BCUT2D eigenvalue weighted by atomic mass is 16.5. The Morgan fingerprint density at radius 1 is 1.30 bits per heavy atom. The molecule has 27 heavy (non-hydrogen) atoms. The molecule has 138 valence electrons. The van der Waals surface area contributed by atoms with Gasteiger partial charge < -0.3 is 15.0 Å². The van der Waals surface area contributed by atoms with Gasteiger partial charge in [-0.05, 0) is 31.5 Å². The molecule has 0 unspecified atom stereocenters. The van der Waals surface area contributed by atoms with E-state index in [0.717, 1.165) is 12.1 Å². The summed E-state index contributed by atoms with van der Waals surface area (Å²) in [6.45, 7) is 2.53. The molecule has 8 heteroatoms. The maximum Gasteiger partial charge on any atom is 0.261 e. The van der Waals surface area contributed by atoms with E-state index in [4.69, 9.17) is 4.74 Å². The molecule has 3 heterocycles. The fourth-order valence-electron chi connectivity index (χ4n) is 3.20. The van der Waals surface area contributed by atoms with E-state index in [2.05, 4.69) is 15.4 Å². The molecule has 2 aromatic heterocycles. The first kappa shape index (κ1) is 17.0. The van der Waals surface area contributed by atoms with Crippen LogP contribution in [0.5, 0.6) is 5.75 Å². The second kappa shape index (κ2) is 6.71. The molecule has 8 nitrogen and oxygen atoms in total. The van der Waals surface area contributed by atoms with E-state index in [1.54, 1.807) is 40.9 Å². The number of carbonyl (C=O) groups excluding carboxylic acids is 2. The summed E-state index contributed by atoms with van der Waals surface area (Å²) in [6, 6.07) is 7.08. The molecule has 1 saturated heterocycles. The van der Waals surface area contributed by atoms with Gasteiger partial charge in [0.15, 0.2) is 5.65 Å². The molecule has 1 aromatic carbocycles. The molecule has 0 aliphatic carbocycles. The number of amides is 2. The quantitative estimate of drug-likeness (QED) is 0.767. The lowest BCUT2D eigenvalue weighted by atomic mass is 10.2. The van der Waals surface area contributed by atoms with Gasteiger partial charge in [0.2, 0.25) is 5.91 Å². The van der Waals surface area contributed by atoms with Crippen molar-refractivity contribution < 1.29 is 14.3 Å². The smallest absolute Gasteiger partial charge is 0.261 e. The van der Waals surface area contributed by atoms with Gasteiger partial charge >= 0.3 is 0 Å². The van der Waals surface area contributed by atoms with E-state index in [-0.39, 0.29) is 11.8 Å². The molecule has 0 bridgehead atoms. The largest absolute Gasteiger partial charge is 0.494 e. The Bertz CT molecular complexity index is 1040. The van der Waals surface area contributed by atoms with Crippen molar-refractivity contribution in [2.24, 2.45) is 0 Å². The SMILES string of the molecule is COc1cc(NC(=O)c2cnn3ccc(C)nc23)ccc1N1CCCC1=O. The molecular weight excluding hydrogens is 346 g/mol.